The van der Waals surface area contributed by atoms with E-state index in [0.29, 0.717) is 5.56 Å². The second-order valence-electron chi connectivity index (χ2n) is 4.09. The van der Waals surface area contributed by atoms with Crippen molar-refractivity contribution in [3.63, 3.8) is 0 Å². The molecule has 2 aromatic carbocycles. The van der Waals surface area contributed by atoms with E-state index in [-0.39, 0.29) is 26.3 Å². The van der Waals surface area contributed by atoms with Crippen molar-refractivity contribution < 1.29 is 8.42 Å². The first kappa shape index (κ1) is 15.4. The zero-order valence-electron chi connectivity index (χ0n) is 10.5. The largest absolute Gasteiger partial charge is 0.397 e. The van der Waals surface area contributed by atoms with Gasteiger partial charge in [0.05, 0.1) is 28.0 Å². The van der Waals surface area contributed by atoms with Gasteiger partial charge in [0.2, 0.25) is 0 Å². The van der Waals surface area contributed by atoms with Gasteiger partial charge in [-0.05, 0) is 36.4 Å². The predicted molar refractivity (Wildman–Crippen MR) is 82.8 cm³/mol. The Balaban J connectivity index is 2.43. The topological polar surface area (TPSA) is 96.0 Å². The molecule has 0 heterocycles. The molecule has 108 valence electrons. The Morgan fingerprint density at radius 3 is 2.48 bits per heavy atom. The molecule has 0 aliphatic heterocycles. The van der Waals surface area contributed by atoms with Gasteiger partial charge >= 0.3 is 0 Å². The number of rotatable bonds is 3. The summed E-state index contributed by atoms with van der Waals surface area (Å²) in [4.78, 5) is -0.152. The van der Waals surface area contributed by atoms with Crippen LogP contribution in [-0.2, 0) is 10.0 Å². The summed E-state index contributed by atoms with van der Waals surface area (Å²) in [5, 5.41) is 9.04. The van der Waals surface area contributed by atoms with Crippen molar-refractivity contribution in [2.45, 2.75) is 4.90 Å². The Morgan fingerprint density at radius 2 is 1.86 bits per heavy atom. The number of nitrogens with two attached hydrogens (primary N) is 1. The van der Waals surface area contributed by atoms with Crippen LogP contribution in [0, 0.1) is 11.3 Å². The first-order valence-electron chi connectivity index (χ1n) is 5.61. The van der Waals surface area contributed by atoms with E-state index in [1.165, 1.54) is 36.4 Å². The molecule has 0 unspecified atom stereocenters. The number of nitriles is 1. The molecule has 0 spiro atoms. The highest BCUT2D eigenvalue weighted by atomic mass is 35.5. The Kier molecular flexibility index (Phi) is 4.28. The number of hydrogen-bond donors (Lipinski definition) is 2. The highest BCUT2D eigenvalue weighted by Crippen LogP contribution is 2.28. The molecular formula is C13H9Cl2N3O2S. The molecule has 0 atom stereocenters. The second kappa shape index (κ2) is 5.82. The van der Waals surface area contributed by atoms with Gasteiger partial charge in [0, 0.05) is 5.02 Å². The maximum Gasteiger partial charge on any atom is 0.263 e. The van der Waals surface area contributed by atoms with Crippen LogP contribution in [0.4, 0.5) is 11.4 Å². The van der Waals surface area contributed by atoms with Gasteiger partial charge in [-0.3, -0.25) is 4.72 Å². The molecule has 0 saturated carbocycles. The molecular weight excluding hydrogens is 333 g/mol. The Hall–Kier alpha value is -1.94. The summed E-state index contributed by atoms with van der Waals surface area (Å²) in [6, 6.07) is 10.3. The fraction of sp³-hybridized carbons (Fsp3) is 0. The first-order valence-corrected chi connectivity index (χ1v) is 7.85. The molecule has 2 aromatic rings. The lowest BCUT2D eigenvalue weighted by Crippen LogP contribution is -2.14. The van der Waals surface area contributed by atoms with Crippen molar-refractivity contribution in [1.82, 2.24) is 0 Å². The van der Waals surface area contributed by atoms with Gasteiger partial charge in [-0.2, -0.15) is 5.26 Å². The minimum atomic E-state index is -3.94. The van der Waals surface area contributed by atoms with Crippen molar-refractivity contribution in [3.8, 4) is 6.07 Å². The predicted octanol–water partition coefficient (Wildman–Crippen LogP) is 3.25. The first-order chi connectivity index (χ1) is 9.83. The van der Waals surface area contributed by atoms with Gasteiger partial charge in [-0.15, -0.1) is 0 Å². The average Bonchev–Trinajstić information content (AvgIpc) is 2.43. The normalized spacial score (nSPS) is 10.9. The molecule has 0 amide bonds. The van der Waals surface area contributed by atoms with E-state index in [4.69, 9.17) is 34.2 Å². The molecule has 5 nitrogen and oxygen atoms in total. The molecule has 21 heavy (non-hydrogen) atoms. The van der Waals surface area contributed by atoms with Gasteiger partial charge in [-0.1, -0.05) is 23.2 Å². The third-order valence-electron chi connectivity index (χ3n) is 2.61. The minimum absolute atomic E-state index is 0.0408. The number of anilines is 2. The summed E-state index contributed by atoms with van der Waals surface area (Å²) in [5.74, 6) is 0. The van der Waals surface area contributed by atoms with Crippen LogP contribution in [0.5, 0.6) is 0 Å². The Labute approximate surface area is 132 Å². The smallest absolute Gasteiger partial charge is 0.263 e. The lowest BCUT2D eigenvalue weighted by Gasteiger charge is -2.11. The molecule has 0 aromatic heterocycles. The lowest BCUT2D eigenvalue weighted by atomic mass is 10.2. The minimum Gasteiger partial charge on any atom is -0.397 e. The van der Waals surface area contributed by atoms with E-state index in [1.54, 1.807) is 0 Å². The van der Waals surface area contributed by atoms with Crippen LogP contribution in [0.3, 0.4) is 0 Å². The van der Waals surface area contributed by atoms with Crippen LogP contribution in [-0.4, -0.2) is 8.42 Å². The number of hydrogen-bond acceptors (Lipinski definition) is 4. The number of halogens is 2. The Bertz CT molecular complexity index is 845. The molecule has 3 N–H and O–H groups in total. The zero-order chi connectivity index (χ0) is 15.6. The number of nitrogen functional groups attached to an aromatic ring is 1. The van der Waals surface area contributed by atoms with Crippen LogP contribution in [0.2, 0.25) is 10.0 Å². The van der Waals surface area contributed by atoms with E-state index in [0.717, 1.165) is 0 Å². The zero-order valence-corrected chi connectivity index (χ0v) is 12.8. The molecule has 2 rings (SSSR count). The number of nitrogens with zero attached hydrogens (tertiary/aromatic N) is 1. The average molecular weight is 342 g/mol. The van der Waals surface area contributed by atoms with Crippen LogP contribution >= 0.6 is 23.2 Å². The van der Waals surface area contributed by atoms with Crippen molar-refractivity contribution in [2.75, 3.05) is 10.5 Å². The lowest BCUT2D eigenvalue weighted by molar-refractivity contribution is 0.601. The second-order valence-corrected chi connectivity index (χ2v) is 6.59. The third-order valence-corrected chi connectivity index (χ3v) is 4.69. The number of benzene rings is 2. The standard InChI is InChI=1S/C13H9Cl2N3O2S/c14-9-2-3-10(15)13(6-9)21(19,20)18-12-4-1-8(7-16)5-11(12)17/h1-6,18H,17H2. The summed E-state index contributed by atoms with van der Waals surface area (Å²) in [6.45, 7) is 0. The maximum atomic E-state index is 12.3. The highest BCUT2D eigenvalue weighted by Gasteiger charge is 2.19. The van der Waals surface area contributed by atoms with Gasteiger partial charge in [0.1, 0.15) is 4.90 Å². The molecule has 0 aliphatic rings. The van der Waals surface area contributed by atoms with Crippen LogP contribution < -0.4 is 10.5 Å². The van der Waals surface area contributed by atoms with Crippen LogP contribution in [0.15, 0.2) is 41.3 Å². The van der Waals surface area contributed by atoms with Crippen molar-refractivity contribution in [1.29, 1.82) is 5.26 Å². The van der Waals surface area contributed by atoms with E-state index in [2.05, 4.69) is 4.72 Å². The van der Waals surface area contributed by atoms with E-state index in [1.807, 2.05) is 6.07 Å². The summed E-state index contributed by atoms with van der Waals surface area (Å²) in [5.41, 5.74) is 6.34. The highest BCUT2D eigenvalue weighted by molar-refractivity contribution is 7.92. The number of sulfonamides is 1. The van der Waals surface area contributed by atoms with E-state index >= 15 is 0 Å². The molecule has 8 heteroatoms. The van der Waals surface area contributed by atoms with Crippen molar-refractivity contribution in [2.24, 2.45) is 0 Å². The molecule has 0 radical (unpaired) electrons. The summed E-state index contributed by atoms with van der Waals surface area (Å²) in [7, 11) is -3.94. The summed E-state index contributed by atoms with van der Waals surface area (Å²) in [6.07, 6.45) is 0. The van der Waals surface area contributed by atoms with Gasteiger partial charge in [0.15, 0.2) is 0 Å². The van der Waals surface area contributed by atoms with Gasteiger partial charge in [0.25, 0.3) is 10.0 Å². The van der Waals surface area contributed by atoms with E-state index < -0.39 is 10.0 Å². The summed E-state index contributed by atoms with van der Waals surface area (Å²) < 4.78 is 26.9. The van der Waals surface area contributed by atoms with Crippen molar-refractivity contribution in [3.05, 3.63) is 52.0 Å². The SMILES string of the molecule is N#Cc1ccc(NS(=O)(=O)c2cc(Cl)ccc2Cl)c(N)c1. The molecule has 0 bridgehead atoms. The number of nitrogens with one attached hydrogen (secondary N) is 1. The van der Waals surface area contributed by atoms with Crippen molar-refractivity contribution >= 4 is 44.6 Å². The quantitative estimate of drug-likeness (QED) is 0.837. The monoisotopic (exact) mass is 341 g/mol. The third kappa shape index (κ3) is 3.39. The van der Waals surface area contributed by atoms with Crippen LogP contribution in [0.25, 0.3) is 0 Å². The molecule has 0 aliphatic carbocycles. The molecule has 0 fully saturated rings. The van der Waals surface area contributed by atoms with Crippen LogP contribution in [0.1, 0.15) is 5.56 Å². The van der Waals surface area contributed by atoms with E-state index in [9.17, 15) is 8.42 Å². The fourth-order valence-electron chi connectivity index (χ4n) is 1.61. The molecule has 0 saturated heterocycles. The summed E-state index contributed by atoms with van der Waals surface area (Å²) >= 11 is 11.7. The van der Waals surface area contributed by atoms with Gasteiger partial charge < -0.3 is 5.73 Å². The maximum absolute atomic E-state index is 12.3. The Morgan fingerprint density at radius 1 is 1.14 bits per heavy atom. The fourth-order valence-corrected chi connectivity index (χ4v) is 3.46. The van der Waals surface area contributed by atoms with Gasteiger partial charge in [-0.25, -0.2) is 8.42 Å².